The summed E-state index contributed by atoms with van der Waals surface area (Å²) in [7, 11) is 0. The predicted molar refractivity (Wildman–Crippen MR) is 86.2 cm³/mol. The minimum absolute atomic E-state index is 0.274. The third kappa shape index (κ3) is 2.42. The first-order chi connectivity index (χ1) is 11.2. The molecular weight excluding hydrogens is 292 g/mol. The lowest BCUT2D eigenvalue weighted by atomic mass is 10.2. The van der Waals surface area contributed by atoms with Gasteiger partial charge in [0.1, 0.15) is 11.2 Å². The summed E-state index contributed by atoms with van der Waals surface area (Å²) in [6, 6.07) is 11.3. The second-order valence-electron chi connectivity index (χ2n) is 5.40. The number of benzene rings is 1. The number of hydrogen-bond donors (Lipinski definition) is 1. The lowest BCUT2D eigenvalue weighted by molar-refractivity contribution is 0.0450. The van der Waals surface area contributed by atoms with E-state index in [2.05, 4.69) is 21.9 Å². The molecule has 0 aliphatic carbocycles. The number of nitrogen functional groups attached to an aromatic ring is 1. The van der Waals surface area contributed by atoms with Crippen LogP contribution in [0.2, 0.25) is 0 Å². The molecule has 0 bridgehead atoms. The molecule has 3 heterocycles. The molecule has 1 aliphatic heterocycles. The standard InChI is InChI=1S/C17H16N4O2/c1-2-5-10-15-11(21-17(18)20-10)8-9-12(19-15)16-22-13-6-3-4-7-14(13)23-16/h3-4,6-9,16H,2,5H2,1H3,(H2,18,20,21). The highest BCUT2D eigenvalue weighted by atomic mass is 16.7. The number of pyridine rings is 1. The van der Waals surface area contributed by atoms with E-state index in [0.717, 1.165) is 41.1 Å². The normalized spacial score (nSPS) is 13.6. The molecule has 0 saturated heterocycles. The van der Waals surface area contributed by atoms with Crippen molar-refractivity contribution in [1.82, 2.24) is 15.0 Å². The first kappa shape index (κ1) is 13.8. The number of nitrogens with zero attached hydrogens (tertiary/aromatic N) is 3. The molecule has 2 aromatic heterocycles. The number of para-hydroxylation sites is 2. The predicted octanol–water partition coefficient (Wildman–Crippen LogP) is 3.03. The fraction of sp³-hybridized carbons (Fsp3) is 0.235. The quantitative estimate of drug-likeness (QED) is 0.800. The van der Waals surface area contributed by atoms with Crippen molar-refractivity contribution >= 4 is 17.0 Å². The van der Waals surface area contributed by atoms with E-state index in [-0.39, 0.29) is 5.95 Å². The van der Waals surface area contributed by atoms with E-state index in [1.807, 2.05) is 36.4 Å². The molecule has 23 heavy (non-hydrogen) atoms. The minimum atomic E-state index is -0.552. The van der Waals surface area contributed by atoms with Crippen molar-refractivity contribution in [2.75, 3.05) is 5.73 Å². The molecule has 0 saturated carbocycles. The molecule has 0 atom stereocenters. The van der Waals surface area contributed by atoms with Gasteiger partial charge in [-0.25, -0.2) is 15.0 Å². The zero-order valence-corrected chi connectivity index (χ0v) is 12.7. The van der Waals surface area contributed by atoms with Gasteiger partial charge < -0.3 is 15.2 Å². The summed E-state index contributed by atoms with van der Waals surface area (Å²) < 4.78 is 11.6. The van der Waals surface area contributed by atoms with Crippen LogP contribution in [0.25, 0.3) is 11.0 Å². The van der Waals surface area contributed by atoms with Gasteiger partial charge in [0.15, 0.2) is 11.5 Å². The Balaban J connectivity index is 1.75. The van der Waals surface area contributed by atoms with Crippen LogP contribution < -0.4 is 15.2 Å². The number of hydrogen-bond acceptors (Lipinski definition) is 6. The van der Waals surface area contributed by atoms with Crippen LogP contribution in [0.1, 0.15) is 31.0 Å². The number of ether oxygens (including phenoxy) is 2. The molecule has 4 rings (SSSR count). The summed E-state index contributed by atoms with van der Waals surface area (Å²) in [4.78, 5) is 13.2. The maximum Gasteiger partial charge on any atom is 0.284 e. The molecule has 0 radical (unpaired) electrons. The lowest BCUT2D eigenvalue weighted by Gasteiger charge is -2.11. The highest BCUT2D eigenvalue weighted by molar-refractivity contribution is 5.77. The van der Waals surface area contributed by atoms with Crippen LogP contribution in [0.3, 0.4) is 0 Å². The molecule has 6 nitrogen and oxygen atoms in total. The maximum absolute atomic E-state index is 5.82. The third-order valence-corrected chi connectivity index (χ3v) is 3.70. The Labute approximate surface area is 133 Å². The Morgan fingerprint density at radius 3 is 2.43 bits per heavy atom. The maximum atomic E-state index is 5.82. The van der Waals surface area contributed by atoms with Crippen molar-refractivity contribution in [1.29, 1.82) is 0 Å². The Hall–Kier alpha value is -2.89. The van der Waals surface area contributed by atoms with Gasteiger partial charge >= 0.3 is 0 Å². The first-order valence-corrected chi connectivity index (χ1v) is 7.60. The molecule has 1 aromatic carbocycles. The Kier molecular flexibility index (Phi) is 3.22. The topological polar surface area (TPSA) is 83.2 Å². The summed E-state index contributed by atoms with van der Waals surface area (Å²) >= 11 is 0. The minimum Gasteiger partial charge on any atom is -0.445 e. The zero-order valence-electron chi connectivity index (χ0n) is 12.7. The summed E-state index contributed by atoms with van der Waals surface area (Å²) in [6.45, 7) is 2.09. The van der Waals surface area contributed by atoms with Crippen molar-refractivity contribution in [2.24, 2.45) is 0 Å². The average Bonchev–Trinajstić information content (AvgIpc) is 2.99. The molecule has 2 N–H and O–H groups in total. The van der Waals surface area contributed by atoms with E-state index in [1.165, 1.54) is 0 Å². The van der Waals surface area contributed by atoms with E-state index in [1.54, 1.807) is 0 Å². The number of aryl methyl sites for hydroxylation is 1. The van der Waals surface area contributed by atoms with Gasteiger partial charge in [0.25, 0.3) is 6.29 Å². The van der Waals surface area contributed by atoms with Crippen molar-refractivity contribution in [2.45, 2.75) is 26.1 Å². The Bertz CT molecular complexity index is 857. The van der Waals surface area contributed by atoms with Crippen molar-refractivity contribution in [3.8, 4) is 11.5 Å². The van der Waals surface area contributed by atoms with Crippen LogP contribution in [0, 0.1) is 0 Å². The molecule has 0 fully saturated rings. The fourth-order valence-corrected chi connectivity index (χ4v) is 2.67. The molecule has 6 heteroatoms. The van der Waals surface area contributed by atoms with Gasteiger partial charge in [-0.3, -0.25) is 0 Å². The van der Waals surface area contributed by atoms with Gasteiger partial charge in [0.05, 0.1) is 11.2 Å². The van der Waals surface area contributed by atoms with Crippen LogP contribution in [0.15, 0.2) is 36.4 Å². The van der Waals surface area contributed by atoms with E-state index in [4.69, 9.17) is 15.2 Å². The highest BCUT2D eigenvalue weighted by Gasteiger charge is 2.27. The zero-order chi connectivity index (χ0) is 15.8. The van der Waals surface area contributed by atoms with E-state index in [9.17, 15) is 0 Å². The Morgan fingerprint density at radius 1 is 1.00 bits per heavy atom. The number of fused-ring (bicyclic) bond motifs is 2. The molecular formula is C17H16N4O2. The number of nitrogens with two attached hydrogens (primary N) is 1. The fourth-order valence-electron chi connectivity index (χ4n) is 2.67. The number of aromatic nitrogens is 3. The SMILES string of the molecule is CCCc1nc(N)nc2ccc(C3Oc4ccccc4O3)nc12. The van der Waals surface area contributed by atoms with Crippen LogP contribution in [-0.2, 0) is 6.42 Å². The van der Waals surface area contributed by atoms with Crippen LogP contribution in [0.4, 0.5) is 5.95 Å². The second-order valence-corrected chi connectivity index (χ2v) is 5.40. The summed E-state index contributed by atoms with van der Waals surface area (Å²) in [5.74, 6) is 1.72. The number of anilines is 1. The molecule has 1 aliphatic rings. The smallest absolute Gasteiger partial charge is 0.284 e. The average molecular weight is 308 g/mol. The van der Waals surface area contributed by atoms with Crippen molar-refractivity contribution in [3.05, 3.63) is 47.8 Å². The van der Waals surface area contributed by atoms with Gasteiger partial charge in [0, 0.05) is 0 Å². The largest absolute Gasteiger partial charge is 0.445 e. The van der Waals surface area contributed by atoms with Gasteiger partial charge in [-0.15, -0.1) is 0 Å². The summed E-state index contributed by atoms with van der Waals surface area (Å²) in [5, 5.41) is 0. The molecule has 3 aromatic rings. The summed E-state index contributed by atoms with van der Waals surface area (Å²) in [6.07, 6.45) is 1.20. The van der Waals surface area contributed by atoms with Crippen molar-refractivity contribution < 1.29 is 9.47 Å². The van der Waals surface area contributed by atoms with Gasteiger partial charge in [-0.2, -0.15) is 0 Å². The molecule has 116 valence electrons. The van der Waals surface area contributed by atoms with Gasteiger partial charge in [0.2, 0.25) is 5.95 Å². The first-order valence-electron chi connectivity index (χ1n) is 7.60. The van der Waals surface area contributed by atoms with E-state index in [0.29, 0.717) is 5.69 Å². The van der Waals surface area contributed by atoms with Gasteiger partial charge in [-0.05, 0) is 30.7 Å². The second kappa shape index (κ2) is 5.39. The number of rotatable bonds is 3. The van der Waals surface area contributed by atoms with Crippen LogP contribution in [0.5, 0.6) is 11.5 Å². The van der Waals surface area contributed by atoms with Crippen molar-refractivity contribution in [3.63, 3.8) is 0 Å². The van der Waals surface area contributed by atoms with Gasteiger partial charge in [-0.1, -0.05) is 25.5 Å². The van der Waals surface area contributed by atoms with E-state index >= 15 is 0 Å². The third-order valence-electron chi connectivity index (χ3n) is 3.70. The Morgan fingerprint density at radius 2 is 1.74 bits per heavy atom. The molecule has 0 amide bonds. The molecule has 0 unspecified atom stereocenters. The summed E-state index contributed by atoms with van der Waals surface area (Å²) in [5.41, 5.74) is 8.81. The van der Waals surface area contributed by atoms with Crippen LogP contribution in [-0.4, -0.2) is 15.0 Å². The van der Waals surface area contributed by atoms with Crippen LogP contribution >= 0.6 is 0 Å². The molecule has 0 spiro atoms. The highest BCUT2D eigenvalue weighted by Crippen LogP contribution is 2.39. The monoisotopic (exact) mass is 308 g/mol. The lowest BCUT2D eigenvalue weighted by Crippen LogP contribution is -2.11. The van der Waals surface area contributed by atoms with E-state index < -0.39 is 6.29 Å².